The van der Waals surface area contributed by atoms with E-state index in [0.29, 0.717) is 12.1 Å². The molecule has 0 aromatic carbocycles. The molecule has 1 N–H and O–H groups in total. The van der Waals surface area contributed by atoms with Crippen LogP contribution in [0.15, 0.2) is 12.7 Å². The summed E-state index contributed by atoms with van der Waals surface area (Å²) < 4.78 is 5.79. The van der Waals surface area contributed by atoms with E-state index in [-0.39, 0.29) is 0 Å². The highest BCUT2D eigenvalue weighted by atomic mass is 16.5. The monoisotopic (exact) mass is 239 g/mol. The molecule has 1 saturated carbocycles. The number of nitrogens with one attached hydrogen (secondary N) is 1. The van der Waals surface area contributed by atoms with Crippen molar-refractivity contribution in [3.05, 3.63) is 12.7 Å². The molecule has 17 heavy (non-hydrogen) atoms. The molecule has 100 valence electrons. The summed E-state index contributed by atoms with van der Waals surface area (Å²) in [7, 11) is 3.94. The van der Waals surface area contributed by atoms with Gasteiger partial charge in [0.05, 0.1) is 6.10 Å². The van der Waals surface area contributed by atoms with Crippen LogP contribution in [0.5, 0.6) is 0 Å². The predicted molar refractivity (Wildman–Crippen MR) is 74.3 cm³/mol. The number of allylic oxidation sites excluding steroid dienone is 1. The molecule has 1 aliphatic carbocycles. The third kappa shape index (κ3) is 4.81. The van der Waals surface area contributed by atoms with Crippen molar-refractivity contribution in [2.75, 3.05) is 14.2 Å². The average Bonchev–Trinajstić information content (AvgIpc) is 2.39. The quantitative estimate of drug-likeness (QED) is 0.517. The van der Waals surface area contributed by atoms with Gasteiger partial charge in [0.2, 0.25) is 0 Å². The van der Waals surface area contributed by atoms with E-state index in [1.807, 2.05) is 13.2 Å². The zero-order valence-electron chi connectivity index (χ0n) is 11.6. The van der Waals surface area contributed by atoms with Crippen molar-refractivity contribution >= 4 is 0 Å². The van der Waals surface area contributed by atoms with Gasteiger partial charge in [-0.15, -0.1) is 6.58 Å². The second-order valence-electron chi connectivity index (χ2n) is 5.21. The highest BCUT2D eigenvalue weighted by Gasteiger charge is 2.29. The number of unbranched alkanes of at least 4 members (excludes halogenated alkanes) is 1. The van der Waals surface area contributed by atoms with Gasteiger partial charge in [-0.3, -0.25) is 0 Å². The first kappa shape index (κ1) is 14.7. The highest BCUT2D eigenvalue weighted by Crippen LogP contribution is 2.30. The van der Waals surface area contributed by atoms with E-state index in [9.17, 15) is 0 Å². The zero-order chi connectivity index (χ0) is 12.5. The molecular weight excluding hydrogens is 210 g/mol. The lowest BCUT2D eigenvalue weighted by Gasteiger charge is -2.34. The number of likely N-dealkylation sites (N-methyl/N-ethyl adjacent to an activating group) is 1. The van der Waals surface area contributed by atoms with Crippen LogP contribution in [0.1, 0.15) is 51.4 Å². The Morgan fingerprint density at radius 2 is 2.06 bits per heavy atom. The molecule has 1 fully saturated rings. The second kappa shape index (κ2) is 8.71. The largest absolute Gasteiger partial charge is 0.380 e. The van der Waals surface area contributed by atoms with Gasteiger partial charge in [0.1, 0.15) is 0 Å². The predicted octanol–water partition coefficient (Wildman–Crippen LogP) is 3.53. The molecule has 2 atom stereocenters. The molecule has 0 heterocycles. The topological polar surface area (TPSA) is 21.3 Å². The fourth-order valence-electron chi connectivity index (χ4n) is 3.10. The lowest BCUT2D eigenvalue weighted by Crippen LogP contribution is -2.44. The summed E-state index contributed by atoms with van der Waals surface area (Å²) in [5, 5.41) is 3.45. The molecule has 1 aliphatic rings. The Labute approximate surface area is 107 Å². The normalized spacial score (nSPS) is 21.1. The Balaban J connectivity index is 2.45. The average molecular weight is 239 g/mol. The third-order valence-electron chi connectivity index (χ3n) is 4.08. The molecule has 0 bridgehead atoms. The van der Waals surface area contributed by atoms with Crippen LogP contribution in [0.25, 0.3) is 0 Å². The van der Waals surface area contributed by atoms with Gasteiger partial charge in [0, 0.05) is 13.2 Å². The summed E-state index contributed by atoms with van der Waals surface area (Å²) in [4.78, 5) is 0. The van der Waals surface area contributed by atoms with Crippen LogP contribution in [0.2, 0.25) is 0 Å². The van der Waals surface area contributed by atoms with E-state index >= 15 is 0 Å². The fraction of sp³-hybridized carbons (Fsp3) is 0.867. The van der Waals surface area contributed by atoms with Crippen molar-refractivity contribution in [2.45, 2.75) is 63.5 Å². The summed E-state index contributed by atoms with van der Waals surface area (Å²) in [6.07, 6.45) is 12.8. The molecule has 0 radical (unpaired) electrons. The van der Waals surface area contributed by atoms with E-state index in [4.69, 9.17) is 4.74 Å². The van der Waals surface area contributed by atoms with Crippen LogP contribution in [0.3, 0.4) is 0 Å². The van der Waals surface area contributed by atoms with Crippen LogP contribution in [-0.4, -0.2) is 26.3 Å². The van der Waals surface area contributed by atoms with E-state index in [1.54, 1.807) is 0 Å². The molecule has 0 spiro atoms. The summed E-state index contributed by atoms with van der Waals surface area (Å²) >= 11 is 0. The number of hydrogen-bond donors (Lipinski definition) is 1. The zero-order valence-corrected chi connectivity index (χ0v) is 11.6. The Morgan fingerprint density at radius 1 is 1.35 bits per heavy atom. The molecule has 1 rings (SSSR count). The van der Waals surface area contributed by atoms with Crippen LogP contribution in [0.4, 0.5) is 0 Å². The molecule has 0 aliphatic heterocycles. The van der Waals surface area contributed by atoms with Gasteiger partial charge in [-0.05, 0) is 45.1 Å². The van der Waals surface area contributed by atoms with Crippen LogP contribution < -0.4 is 5.32 Å². The van der Waals surface area contributed by atoms with Crippen molar-refractivity contribution in [3.8, 4) is 0 Å². The molecule has 0 amide bonds. The Morgan fingerprint density at radius 3 is 2.59 bits per heavy atom. The Hall–Kier alpha value is -0.340. The molecule has 0 saturated heterocycles. The van der Waals surface area contributed by atoms with Crippen LogP contribution >= 0.6 is 0 Å². The second-order valence-corrected chi connectivity index (χ2v) is 5.21. The lowest BCUT2D eigenvalue weighted by atomic mass is 9.81. The highest BCUT2D eigenvalue weighted by molar-refractivity contribution is 4.84. The van der Waals surface area contributed by atoms with Crippen molar-refractivity contribution in [1.82, 2.24) is 5.32 Å². The minimum absolute atomic E-state index is 0.394. The number of ether oxygens (including phenoxy) is 1. The maximum absolute atomic E-state index is 5.79. The van der Waals surface area contributed by atoms with Crippen LogP contribution in [-0.2, 0) is 4.74 Å². The smallest absolute Gasteiger partial charge is 0.0752 e. The van der Waals surface area contributed by atoms with Crippen molar-refractivity contribution in [3.63, 3.8) is 0 Å². The van der Waals surface area contributed by atoms with Crippen LogP contribution in [0, 0.1) is 5.92 Å². The van der Waals surface area contributed by atoms with E-state index in [2.05, 4.69) is 18.9 Å². The van der Waals surface area contributed by atoms with Gasteiger partial charge in [0.25, 0.3) is 0 Å². The lowest BCUT2D eigenvalue weighted by molar-refractivity contribution is 0.00760. The molecule has 2 unspecified atom stereocenters. The fourth-order valence-corrected chi connectivity index (χ4v) is 3.10. The van der Waals surface area contributed by atoms with Gasteiger partial charge in [0.15, 0.2) is 0 Å². The van der Waals surface area contributed by atoms with E-state index in [0.717, 1.165) is 12.3 Å². The van der Waals surface area contributed by atoms with Gasteiger partial charge in [-0.2, -0.15) is 0 Å². The maximum Gasteiger partial charge on any atom is 0.0752 e. The third-order valence-corrected chi connectivity index (χ3v) is 4.08. The minimum atomic E-state index is 0.394. The van der Waals surface area contributed by atoms with Gasteiger partial charge in [-0.1, -0.05) is 25.3 Å². The molecular formula is C15H29NO. The number of rotatable bonds is 8. The first-order chi connectivity index (χ1) is 8.33. The van der Waals surface area contributed by atoms with Crippen molar-refractivity contribution in [2.24, 2.45) is 5.92 Å². The standard InChI is InChI=1S/C15H29NO/c1-4-5-7-12-14(16-2)15(17-3)13-10-8-6-9-11-13/h4,13-16H,1,5-12H2,2-3H3. The van der Waals surface area contributed by atoms with Crippen molar-refractivity contribution < 1.29 is 4.74 Å². The Kier molecular flexibility index (Phi) is 7.54. The summed E-state index contributed by atoms with van der Waals surface area (Å²) in [5.41, 5.74) is 0. The molecule has 0 aromatic rings. The summed E-state index contributed by atoms with van der Waals surface area (Å²) in [5.74, 6) is 0.759. The first-order valence-corrected chi connectivity index (χ1v) is 7.14. The van der Waals surface area contributed by atoms with Gasteiger partial charge in [-0.25, -0.2) is 0 Å². The Bertz CT molecular complexity index is 199. The number of methoxy groups -OCH3 is 1. The van der Waals surface area contributed by atoms with E-state index < -0.39 is 0 Å². The van der Waals surface area contributed by atoms with E-state index in [1.165, 1.54) is 44.9 Å². The first-order valence-electron chi connectivity index (χ1n) is 7.14. The number of hydrogen-bond acceptors (Lipinski definition) is 2. The summed E-state index contributed by atoms with van der Waals surface area (Å²) in [6.45, 7) is 3.79. The summed E-state index contributed by atoms with van der Waals surface area (Å²) in [6, 6.07) is 0.503. The minimum Gasteiger partial charge on any atom is -0.380 e. The van der Waals surface area contributed by atoms with Gasteiger partial charge < -0.3 is 10.1 Å². The maximum atomic E-state index is 5.79. The molecule has 2 nitrogen and oxygen atoms in total. The molecule has 2 heteroatoms. The van der Waals surface area contributed by atoms with Gasteiger partial charge >= 0.3 is 0 Å². The molecule has 0 aromatic heterocycles. The van der Waals surface area contributed by atoms with Crippen molar-refractivity contribution in [1.29, 1.82) is 0 Å². The SMILES string of the molecule is C=CCCCC(NC)C(OC)C1CCCCC1.